The van der Waals surface area contributed by atoms with Gasteiger partial charge in [0.05, 0.1) is 16.7 Å². The Labute approximate surface area is 102 Å². The summed E-state index contributed by atoms with van der Waals surface area (Å²) in [4.78, 5) is 11.8. The second kappa shape index (κ2) is 3.75. The molecule has 5 heteroatoms. The first-order valence-electron chi connectivity index (χ1n) is 5.10. The fourth-order valence-corrected chi connectivity index (χ4v) is 1.88. The lowest BCUT2D eigenvalue weighted by Crippen LogP contribution is -1.93. The third-order valence-corrected chi connectivity index (χ3v) is 2.74. The molecule has 0 atom stereocenters. The van der Waals surface area contributed by atoms with E-state index in [1.807, 2.05) is 12.1 Å². The van der Waals surface area contributed by atoms with Crippen LogP contribution in [0.15, 0.2) is 36.5 Å². The molecule has 0 spiro atoms. The molecule has 0 fully saturated rings. The molecule has 84 valence electrons. The monoisotopic (exact) mass is 244 g/mol. The van der Waals surface area contributed by atoms with Gasteiger partial charge in [0.15, 0.2) is 5.82 Å². The van der Waals surface area contributed by atoms with Crippen molar-refractivity contribution in [3.8, 4) is 11.5 Å². The molecule has 0 unspecified atom stereocenters. The standard InChI is InChI=1S/C12H9ClN4/c13-7-3-4-9-10(6-7)17-12(16-9)11-8(14)2-1-5-15-11/h1-6H,14H2,(H,16,17). The summed E-state index contributed by atoms with van der Waals surface area (Å²) in [6.45, 7) is 0. The number of imidazole rings is 1. The Kier molecular flexibility index (Phi) is 2.23. The number of nitrogen functional groups attached to an aromatic ring is 1. The van der Waals surface area contributed by atoms with Crippen LogP contribution in [0.1, 0.15) is 0 Å². The Morgan fingerprint density at radius 3 is 2.94 bits per heavy atom. The van der Waals surface area contributed by atoms with Crippen molar-refractivity contribution in [1.29, 1.82) is 0 Å². The van der Waals surface area contributed by atoms with E-state index in [0.717, 1.165) is 11.0 Å². The number of benzene rings is 1. The Bertz CT molecular complexity index is 690. The molecule has 0 bridgehead atoms. The highest BCUT2D eigenvalue weighted by molar-refractivity contribution is 6.31. The maximum absolute atomic E-state index is 5.92. The zero-order chi connectivity index (χ0) is 11.8. The zero-order valence-corrected chi connectivity index (χ0v) is 9.57. The van der Waals surface area contributed by atoms with Gasteiger partial charge < -0.3 is 10.7 Å². The molecule has 17 heavy (non-hydrogen) atoms. The van der Waals surface area contributed by atoms with Gasteiger partial charge in [-0.25, -0.2) is 4.98 Å². The molecule has 0 aliphatic rings. The number of rotatable bonds is 1. The molecule has 0 aliphatic heterocycles. The summed E-state index contributed by atoms with van der Waals surface area (Å²) < 4.78 is 0. The number of nitrogens with zero attached hydrogens (tertiary/aromatic N) is 2. The summed E-state index contributed by atoms with van der Waals surface area (Å²) in [6.07, 6.45) is 1.69. The van der Waals surface area contributed by atoms with Gasteiger partial charge in [-0.2, -0.15) is 0 Å². The first kappa shape index (κ1) is 10.1. The number of nitrogens with one attached hydrogen (secondary N) is 1. The Hall–Kier alpha value is -2.07. The van der Waals surface area contributed by atoms with Crippen LogP contribution < -0.4 is 5.73 Å². The largest absolute Gasteiger partial charge is 0.397 e. The van der Waals surface area contributed by atoms with Crippen molar-refractivity contribution in [1.82, 2.24) is 15.0 Å². The lowest BCUT2D eigenvalue weighted by Gasteiger charge is -1.98. The highest BCUT2D eigenvalue weighted by Gasteiger charge is 2.09. The molecule has 3 rings (SSSR count). The molecule has 3 N–H and O–H groups in total. The number of nitrogens with two attached hydrogens (primary N) is 1. The van der Waals surface area contributed by atoms with Crippen LogP contribution in [0, 0.1) is 0 Å². The smallest absolute Gasteiger partial charge is 0.159 e. The van der Waals surface area contributed by atoms with Gasteiger partial charge in [-0.3, -0.25) is 4.98 Å². The lowest BCUT2D eigenvalue weighted by molar-refractivity contribution is 1.24. The third-order valence-electron chi connectivity index (χ3n) is 2.51. The molecule has 1 aromatic carbocycles. The molecule has 0 radical (unpaired) electrons. The van der Waals surface area contributed by atoms with Crippen molar-refractivity contribution in [3.05, 3.63) is 41.6 Å². The summed E-state index contributed by atoms with van der Waals surface area (Å²) in [5.74, 6) is 0.653. The predicted octanol–water partition coefficient (Wildman–Crippen LogP) is 2.86. The average molecular weight is 245 g/mol. The molecule has 2 aromatic heterocycles. The highest BCUT2D eigenvalue weighted by Crippen LogP contribution is 2.24. The first-order valence-corrected chi connectivity index (χ1v) is 5.48. The molecule has 2 heterocycles. The van der Waals surface area contributed by atoms with E-state index in [9.17, 15) is 0 Å². The van der Waals surface area contributed by atoms with Crippen molar-refractivity contribution in [2.75, 3.05) is 5.73 Å². The van der Waals surface area contributed by atoms with Crippen LogP contribution in [-0.4, -0.2) is 15.0 Å². The number of hydrogen-bond donors (Lipinski definition) is 2. The summed E-state index contributed by atoms with van der Waals surface area (Å²) >= 11 is 5.92. The van der Waals surface area contributed by atoms with E-state index in [-0.39, 0.29) is 0 Å². The molecule has 0 aliphatic carbocycles. The number of H-pyrrole nitrogens is 1. The van der Waals surface area contributed by atoms with Gasteiger partial charge in [0.2, 0.25) is 0 Å². The fraction of sp³-hybridized carbons (Fsp3) is 0. The van der Waals surface area contributed by atoms with Gasteiger partial charge in [-0.05, 0) is 30.3 Å². The Morgan fingerprint density at radius 1 is 1.24 bits per heavy atom. The van der Waals surface area contributed by atoms with Gasteiger partial charge >= 0.3 is 0 Å². The van der Waals surface area contributed by atoms with Crippen LogP contribution in [-0.2, 0) is 0 Å². The Balaban J connectivity index is 2.22. The first-order chi connectivity index (χ1) is 8.24. The van der Waals surface area contributed by atoms with Gasteiger partial charge in [0.25, 0.3) is 0 Å². The van der Waals surface area contributed by atoms with Crippen LogP contribution in [0.4, 0.5) is 5.69 Å². The van der Waals surface area contributed by atoms with Crippen molar-refractivity contribution in [2.24, 2.45) is 0 Å². The number of halogens is 1. The zero-order valence-electron chi connectivity index (χ0n) is 8.81. The van der Waals surface area contributed by atoms with E-state index in [1.165, 1.54) is 0 Å². The summed E-state index contributed by atoms with van der Waals surface area (Å²) in [6, 6.07) is 9.07. The molecular formula is C12H9ClN4. The average Bonchev–Trinajstić information content (AvgIpc) is 2.72. The van der Waals surface area contributed by atoms with E-state index in [1.54, 1.807) is 24.4 Å². The maximum atomic E-state index is 5.92. The summed E-state index contributed by atoms with van der Waals surface area (Å²) in [5.41, 5.74) is 8.82. The normalized spacial score (nSPS) is 10.9. The minimum Gasteiger partial charge on any atom is -0.397 e. The van der Waals surface area contributed by atoms with E-state index < -0.39 is 0 Å². The number of aromatic amines is 1. The van der Waals surface area contributed by atoms with Gasteiger partial charge in [0, 0.05) is 11.2 Å². The minimum atomic E-state index is 0.595. The summed E-state index contributed by atoms with van der Waals surface area (Å²) in [7, 11) is 0. The predicted molar refractivity (Wildman–Crippen MR) is 68.7 cm³/mol. The lowest BCUT2D eigenvalue weighted by atomic mass is 10.3. The molecule has 0 amide bonds. The van der Waals surface area contributed by atoms with Crippen molar-refractivity contribution in [3.63, 3.8) is 0 Å². The van der Waals surface area contributed by atoms with Crippen LogP contribution >= 0.6 is 11.6 Å². The van der Waals surface area contributed by atoms with Crippen LogP contribution in [0.25, 0.3) is 22.6 Å². The van der Waals surface area contributed by atoms with E-state index in [2.05, 4.69) is 15.0 Å². The van der Waals surface area contributed by atoms with E-state index >= 15 is 0 Å². The number of pyridine rings is 1. The quantitative estimate of drug-likeness (QED) is 0.692. The second-order valence-electron chi connectivity index (χ2n) is 3.69. The van der Waals surface area contributed by atoms with Crippen LogP contribution in [0.3, 0.4) is 0 Å². The van der Waals surface area contributed by atoms with Gasteiger partial charge in [0.1, 0.15) is 5.69 Å². The van der Waals surface area contributed by atoms with Crippen molar-refractivity contribution in [2.45, 2.75) is 0 Å². The molecule has 0 saturated heterocycles. The molecule has 0 saturated carbocycles. The maximum Gasteiger partial charge on any atom is 0.159 e. The number of hydrogen-bond acceptors (Lipinski definition) is 3. The van der Waals surface area contributed by atoms with Crippen molar-refractivity contribution < 1.29 is 0 Å². The van der Waals surface area contributed by atoms with Crippen LogP contribution in [0.5, 0.6) is 0 Å². The second-order valence-corrected chi connectivity index (χ2v) is 4.12. The van der Waals surface area contributed by atoms with Gasteiger partial charge in [-0.15, -0.1) is 0 Å². The summed E-state index contributed by atoms with van der Waals surface area (Å²) in [5, 5.41) is 0.668. The molecular weight excluding hydrogens is 236 g/mol. The SMILES string of the molecule is Nc1cccnc1-c1nc2ccc(Cl)cc2[nH]1. The number of fused-ring (bicyclic) bond motifs is 1. The number of aromatic nitrogens is 3. The highest BCUT2D eigenvalue weighted by atomic mass is 35.5. The van der Waals surface area contributed by atoms with Crippen molar-refractivity contribution >= 4 is 28.3 Å². The topological polar surface area (TPSA) is 67.6 Å². The van der Waals surface area contributed by atoms with Gasteiger partial charge in [-0.1, -0.05) is 11.6 Å². The molecule has 4 nitrogen and oxygen atoms in total. The minimum absolute atomic E-state index is 0.595. The number of anilines is 1. The Morgan fingerprint density at radius 2 is 2.12 bits per heavy atom. The van der Waals surface area contributed by atoms with E-state index in [4.69, 9.17) is 17.3 Å². The van der Waals surface area contributed by atoms with E-state index in [0.29, 0.717) is 22.2 Å². The molecule has 3 aromatic rings. The third kappa shape index (κ3) is 1.72. The van der Waals surface area contributed by atoms with Crippen LogP contribution in [0.2, 0.25) is 5.02 Å². The fourth-order valence-electron chi connectivity index (χ4n) is 1.71.